The van der Waals surface area contributed by atoms with Gasteiger partial charge < -0.3 is 14.6 Å². The first-order valence-corrected chi connectivity index (χ1v) is 7.01. The van der Waals surface area contributed by atoms with Gasteiger partial charge in [-0.2, -0.15) is 0 Å². The fourth-order valence-electron chi connectivity index (χ4n) is 2.52. The molecule has 2 heterocycles. The fourth-order valence-corrected chi connectivity index (χ4v) is 2.52. The number of amides is 1. The van der Waals surface area contributed by atoms with E-state index in [4.69, 9.17) is 4.42 Å². The third-order valence-electron chi connectivity index (χ3n) is 3.59. The first kappa shape index (κ1) is 12.8. The highest BCUT2D eigenvalue weighted by Crippen LogP contribution is 2.33. The van der Waals surface area contributed by atoms with Crippen molar-refractivity contribution in [1.82, 2.24) is 4.90 Å². The molecule has 0 radical (unpaired) electrons. The lowest BCUT2D eigenvalue weighted by Gasteiger charge is -2.36. The van der Waals surface area contributed by atoms with Crippen LogP contribution in [0, 0.1) is 0 Å². The summed E-state index contributed by atoms with van der Waals surface area (Å²) in [6, 6.07) is 11.4. The molecule has 1 atom stereocenters. The number of benzene rings is 1. The summed E-state index contributed by atoms with van der Waals surface area (Å²) >= 11 is 0. The van der Waals surface area contributed by atoms with Crippen LogP contribution in [0.15, 0.2) is 47.1 Å². The Morgan fingerprint density at radius 3 is 2.85 bits per heavy atom. The van der Waals surface area contributed by atoms with Crippen molar-refractivity contribution in [3.05, 3.63) is 54.0 Å². The summed E-state index contributed by atoms with van der Waals surface area (Å²) in [4.78, 5) is 14.5. The number of fused-ring (bicyclic) bond motifs is 1. The van der Waals surface area contributed by atoms with Crippen LogP contribution >= 0.6 is 0 Å². The number of para-hydroxylation sites is 1. The molecule has 0 spiro atoms. The second-order valence-electron chi connectivity index (χ2n) is 4.96. The quantitative estimate of drug-likeness (QED) is 0.922. The Morgan fingerprint density at radius 2 is 2.10 bits per heavy atom. The van der Waals surface area contributed by atoms with E-state index in [2.05, 4.69) is 12.2 Å². The zero-order valence-corrected chi connectivity index (χ0v) is 11.5. The van der Waals surface area contributed by atoms with Crippen molar-refractivity contribution in [2.75, 3.05) is 11.9 Å². The van der Waals surface area contributed by atoms with E-state index in [1.807, 2.05) is 41.3 Å². The monoisotopic (exact) mass is 270 g/mol. The SMILES string of the molecule is CCCCN1C(=O)c2ccccc2NC1c1ccco1. The minimum absolute atomic E-state index is 0.0641. The molecule has 3 rings (SSSR count). The van der Waals surface area contributed by atoms with Crippen LogP contribution in [0.1, 0.15) is 42.0 Å². The van der Waals surface area contributed by atoms with E-state index in [1.165, 1.54) is 0 Å². The Kier molecular flexibility index (Phi) is 3.46. The molecule has 20 heavy (non-hydrogen) atoms. The molecular weight excluding hydrogens is 252 g/mol. The average molecular weight is 270 g/mol. The highest BCUT2D eigenvalue weighted by molar-refractivity contribution is 6.01. The van der Waals surface area contributed by atoms with E-state index in [-0.39, 0.29) is 12.1 Å². The topological polar surface area (TPSA) is 45.5 Å². The van der Waals surface area contributed by atoms with Crippen molar-refractivity contribution in [3.63, 3.8) is 0 Å². The van der Waals surface area contributed by atoms with Gasteiger partial charge in [-0.3, -0.25) is 4.79 Å². The minimum atomic E-state index is -0.223. The third kappa shape index (κ3) is 2.18. The highest BCUT2D eigenvalue weighted by Gasteiger charge is 2.33. The molecule has 1 N–H and O–H groups in total. The maximum atomic E-state index is 12.7. The van der Waals surface area contributed by atoms with Gasteiger partial charge in [0.15, 0.2) is 6.17 Å². The van der Waals surface area contributed by atoms with Gasteiger partial charge in [-0.1, -0.05) is 25.5 Å². The number of anilines is 1. The van der Waals surface area contributed by atoms with Gasteiger partial charge in [0, 0.05) is 12.2 Å². The third-order valence-corrected chi connectivity index (χ3v) is 3.59. The predicted octanol–water partition coefficient (Wildman–Crippen LogP) is 3.65. The first-order valence-electron chi connectivity index (χ1n) is 7.01. The molecule has 2 aromatic rings. The van der Waals surface area contributed by atoms with E-state index in [9.17, 15) is 4.79 Å². The van der Waals surface area contributed by atoms with E-state index in [0.29, 0.717) is 0 Å². The van der Waals surface area contributed by atoms with E-state index in [1.54, 1.807) is 6.26 Å². The van der Waals surface area contributed by atoms with Crippen LogP contribution in [-0.2, 0) is 0 Å². The van der Waals surface area contributed by atoms with Gasteiger partial charge in [0.1, 0.15) is 5.76 Å². The van der Waals surface area contributed by atoms with E-state index < -0.39 is 0 Å². The number of nitrogens with one attached hydrogen (secondary N) is 1. The molecule has 1 aliphatic heterocycles. The first-order chi connectivity index (χ1) is 9.81. The van der Waals surface area contributed by atoms with Crippen LogP contribution in [0.25, 0.3) is 0 Å². The number of rotatable bonds is 4. The molecule has 0 aliphatic carbocycles. The van der Waals surface area contributed by atoms with Gasteiger partial charge in [0.2, 0.25) is 0 Å². The van der Waals surface area contributed by atoms with Crippen molar-refractivity contribution in [2.45, 2.75) is 25.9 Å². The van der Waals surface area contributed by atoms with Crippen LogP contribution in [0.5, 0.6) is 0 Å². The van der Waals surface area contributed by atoms with Crippen LogP contribution < -0.4 is 5.32 Å². The molecule has 4 heteroatoms. The Bertz CT molecular complexity index is 592. The fraction of sp³-hybridized carbons (Fsp3) is 0.312. The number of furan rings is 1. The maximum absolute atomic E-state index is 12.7. The van der Waals surface area contributed by atoms with E-state index >= 15 is 0 Å². The molecule has 104 valence electrons. The van der Waals surface area contributed by atoms with Crippen molar-refractivity contribution in [3.8, 4) is 0 Å². The van der Waals surface area contributed by atoms with Crippen molar-refractivity contribution < 1.29 is 9.21 Å². The molecular formula is C16H18N2O2. The number of carbonyl (C=O) groups excluding carboxylic acids is 1. The van der Waals surface area contributed by atoms with Gasteiger partial charge in [-0.25, -0.2) is 0 Å². The molecule has 0 fully saturated rings. The average Bonchev–Trinajstić information content (AvgIpc) is 3.00. The number of hydrogen-bond acceptors (Lipinski definition) is 3. The van der Waals surface area contributed by atoms with Gasteiger partial charge in [0.05, 0.1) is 11.8 Å². The van der Waals surface area contributed by atoms with Gasteiger partial charge in [0.25, 0.3) is 5.91 Å². The largest absolute Gasteiger partial charge is 0.465 e. The Balaban J connectivity index is 1.98. The second-order valence-corrected chi connectivity index (χ2v) is 4.96. The Labute approximate surface area is 118 Å². The predicted molar refractivity (Wildman–Crippen MR) is 77.5 cm³/mol. The van der Waals surface area contributed by atoms with Gasteiger partial charge in [-0.15, -0.1) is 0 Å². The second kappa shape index (κ2) is 5.41. The number of unbranched alkanes of at least 4 members (excludes halogenated alkanes) is 1. The number of hydrogen-bond donors (Lipinski definition) is 1. The van der Waals surface area contributed by atoms with Crippen LogP contribution in [-0.4, -0.2) is 17.4 Å². The number of nitrogens with zero attached hydrogens (tertiary/aromatic N) is 1. The summed E-state index contributed by atoms with van der Waals surface area (Å²) < 4.78 is 5.49. The van der Waals surface area contributed by atoms with Gasteiger partial charge >= 0.3 is 0 Å². The Hall–Kier alpha value is -2.23. The molecule has 1 unspecified atom stereocenters. The van der Waals surface area contributed by atoms with Crippen molar-refractivity contribution >= 4 is 11.6 Å². The zero-order valence-electron chi connectivity index (χ0n) is 11.5. The molecule has 0 saturated heterocycles. The summed E-state index contributed by atoms with van der Waals surface area (Å²) in [5.41, 5.74) is 1.60. The standard InChI is InChI=1S/C16H18N2O2/c1-2-3-10-18-15(14-9-6-11-20-14)17-13-8-5-4-7-12(13)16(18)19/h4-9,11,15,17H,2-3,10H2,1H3. The number of carbonyl (C=O) groups is 1. The summed E-state index contributed by atoms with van der Waals surface area (Å²) in [6.45, 7) is 2.85. The Morgan fingerprint density at radius 1 is 1.25 bits per heavy atom. The molecule has 0 saturated carbocycles. The molecule has 0 bridgehead atoms. The molecule has 1 aliphatic rings. The lowest BCUT2D eigenvalue weighted by atomic mass is 10.1. The lowest BCUT2D eigenvalue weighted by molar-refractivity contribution is 0.0660. The molecule has 1 amide bonds. The van der Waals surface area contributed by atoms with Gasteiger partial charge in [-0.05, 0) is 30.7 Å². The lowest BCUT2D eigenvalue weighted by Crippen LogP contribution is -2.43. The van der Waals surface area contributed by atoms with Crippen molar-refractivity contribution in [2.24, 2.45) is 0 Å². The molecule has 1 aromatic carbocycles. The van der Waals surface area contributed by atoms with Crippen LogP contribution in [0.2, 0.25) is 0 Å². The van der Waals surface area contributed by atoms with Crippen LogP contribution in [0.3, 0.4) is 0 Å². The normalized spacial score (nSPS) is 17.8. The molecule has 1 aromatic heterocycles. The maximum Gasteiger partial charge on any atom is 0.257 e. The minimum Gasteiger partial charge on any atom is -0.465 e. The highest BCUT2D eigenvalue weighted by atomic mass is 16.3. The smallest absolute Gasteiger partial charge is 0.257 e. The van der Waals surface area contributed by atoms with Crippen LogP contribution in [0.4, 0.5) is 5.69 Å². The summed E-state index contributed by atoms with van der Waals surface area (Å²) in [7, 11) is 0. The summed E-state index contributed by atoms with van der Waals surface area (Å²) in [5, 5.41) is 3.40. The van der Waals surface area contributed by atoms with E-state index in [0.717, 1.165) is 36.4 Å². The summed E-state index contributed by atoms with van der Waals surface area (Å²) in [5.74, 6) is 0.832. The summed E-state index contributed by atoms with van der Waals surface area (Å²) in [6.07, 6.45) is 3.45. The molecule has 4 nitrogen and oxygen atoms in total. The van der Waals surface area contributed by atoms with Crippen molar-refractivity contribution in [1.29, 1.82) is 0 Å². The zero-order chi connectivity index (χ0) is 13.9.